The van der Waals surface area contributed by atoms with Gasteiger partial charge in [0.25, 0.3) is 0 Å². The highest BCUT2D eigenvalue weighted by Crippen LogP contribution is 1.87. The van der Waals surface area contributed by atoms with Crippen LogP contribution in [0.3, 0.4) is 0 Å². The van der Waals surface area contributed by atoms with Crippen molar-refractivity contribution in [2.75, 3.05) is 0 Å². The van der Waals surface area contributed by atoms with Crippen LogP contribution >= 0.6 is 0 Å². The minimum absolute atomic E-state index is 0.902. The van der Waals surface area contributed by atoms with E-state index in [9.17, 15) is 0 Å². The molecule has 0 N–H and O–H groups in total. The van der Waals surface area contributed by atoms with E-state index in [1.165, 1.54) is 0 Å². The zero-order valence-electron chi connectivity index (χ0n) is 11.3. The normalized spacial score (nSPS) is 12.8. The zero-order chi connectivity index (χ0) is 13.3. The van der Waals surface area contributed by atoms with Gasteiger partial charge in [0.15, 0.2) is 0 Å². The van der Waals surface area contributed by atoms with Crippen molar-refractivity contribution in [2.45, 2.75) is 20.3 Å². The highest BCUT2D eigenvalue weighted by molar-refractivity contribution is 5.15. The van der Waals surface area contributed by atoms with Crippen LogP contribution in [0.15, 0.2) is 90.8 Å². The Hall–Kier alpha value is -2.04. The van der Waals surface area contributed by atoms with Crippen molar-refractivity contribution in [3.05, 3.63) is 90.8 Å². The molecule has 18 heavy (non-hydrogen) atoms. The lowest BCUT2D eigenvalue weighted by Gasteiger charge is -1.76. The van der Waals surface area contributed by atoms with Crippen molar-refractivity contribution < 1.29 is 0 Å². The molecule has 0 heteroatoms. The maximum absolute atomic E-state index is 3.10. The Bertz CT molecular complexity index is 403. The van der Waals surface area contributed by atoms with Crippen LogP contribution < -0.4 is 0 Å². The first kappa shape index (κ1) is 16.0. The van der Waals surface area contributed by atoms with Crippen LogP contribution in [0, 0.1) is 0 Å². The first-order valence-electron chi connectivity index (χ1n) is 6.22. The van der Waals surface area contributed by atoms with Gasteiger partial charge in [0, 0.05) is 0 Å². The summed E-state index contributed by atoms with van der Waals surface area (Å²) in [7, 11) is 0. The first-order chi connectivity index (χ1) is 8.91. The van der Waals surface area contributed by atoms with E-state index in [0.29, 0.717) is 0 Å². The molecule has 0 aromatic heterocycles. The number of allylic oxidation sites excluding steroid dienone is 13. The van der Waals surface area contributed by atoms with Crippen molar-refractivity contribution in [2.24, 2.45) is 0 Å². The van der Waals surface area contributed by atoms with Crippen molar-refractivity contribution in [1.82, 2.24) is 0 Å². The topological polar surface area (TPSA) is 0 Å². The molecular formula is C18H22. The summed E-state index contributed by atoms with van der Waals surface area (Å²) < 4.78 is 0. The van der Waals surface area contributed by atoms with Gasteiger partial charge in [-0.2, -0.15) is 0 Å². The molecule has 0 aromatic carbocycles. The molecule has 0 heterocycles. The molecule has 0 atom stereocenters. The van der Waals surface area contributed by atoms with Gasteiger partial charge in [-0.3, -0.25) is 0 Å². The standard InChI is InChI=1S/C18H22/c1-3-5-7-9-11-13-15-17-18-16-14-12-10-8-6-4-2/h3-15,18H,16H2,1-2H3/b5-3+,6-4+,9-7+,10-8+,13-11+,14-12+. The minimum atomic E-state index is 0.902. The summed E-state index contributed by atoms with van der Waals surface area (Å²) in [6.07, 6.45) is 28.9. The summed E-state index contributed by atoms with van der Waals surface area (Å²) in [6, 6.07) is 0. The monoisotopic (exact) mass is 238 g/mol. The van der Waals surface area contributed by atoms with E-state index in [-0.39, 0.29) is 0 Å². The smallest absolute Gasteiger partial charge is 0.00898 e. The second-order valence-electron chi connectivity index (χ2n) is 3.41. The van der Waals surface area contributed by atoms with E-state index in [1.54, 1.807) is 0 Å². The lowest BCUT2D eigenvalue weighted by molar-refractivity contribution is 1.40. The molecule has 0 amide bonds. The van der Waals surface area contributed by atoms with Gasteiger partial charge in [-0.1, -0.05) is 72.9 Å². The fraction of sp³-hybridized carbons (Fsp3) is 0.167. The summed E-state index contributed by atoms with van der Waals surface area (Å²) in [5, 5.41) is 0. The molecule has 0 rings (SSSR count). The Labute approximate surface area is 111 Å². The van der Waals surface area contributed by atoms with Crippen LogP contribution in [0.1, 0.15) is 20.3 Å². The quantitative estimate of drug-likeness (QED) is 0.408. The minimum Gasteiger partial charge on any atom is -0.125 e. The molecular weight excluding hydrogens is 216 g/mol. The molecule has 0 aliphatic heterocycles. The van der Waals surface area contributed by atoms with Crippen LogP contribution in [0.2, 0.25) is 0 Å². The molecule has 0 spiro atoms. The average molecular weight is 238 g/mol. The largest absolute Gasteiger partial charge is 0.125 e. The maximum Gasteiger partial charge on any atom is -0.00898 e. The van der Waals surface area contributed by atoms with Crippen LogP contribution in [-0.4, -0.2) is 0 Å². The molecule has 0 aromatic rings. The van der Waals surface area contributed by atoms with E-state index in [4.69, 9.17) is 0 Å². The second-order valence-corrected chi connectivity index (χ2v) is 3.41. The van der Waals surface area contributed by atoms with Gasteiger partial charge in [0.2, 0.25) is 0 Å². The van der Waals surface area contributed by atoms with Crippen LogP contribution in [0.4, 0.5) is 0 Å². The summed E-state index contributed by atoms with van der Waals surface area (Å²) >= 11 is 0. The number of hydrogen-bond acceptors (Lipinski definition) is 0. The molecule has 0 unspecified atom stereocenters. The van der Waals surface area contributed by atoms with Gasteiger partial charge >= 0.3 is 0 Å². The predicted octanol–water partition coefficient (Wildman–Crippen LogP) is 5.46. The Kier molecular flexibility index (Phi) is 13.3. The third-order valence-corrected chi connectivity index (χ3v) is 1.86. The Morgan fingerprint density at radius 2 is 1.22 bits per heavy atom. The molecule has 0 saturated heterocycles. The molecule has 0 fully saturated rings. The van der Waals surface area contributed by atoms with Crippen LogP contribution in [0.5, 0.6) is 0 Å². The van der Waals surface area contributed by atoms with Gasteiger partial charge < -0.3 is 0 Å². The lowest BCUT2D eigenvalue weighted by atomic mass is 10.3. The van der Waals surface area contributed by atoms with Crippen molar-refractivity contribution in [3.63, 3.8) is 0 Å². The summed E-state index contributed by atoms with van der Waals surface area (Å²) in [5.74, 6) is 0. The van der Waals surface area contributed by atoms with E-state index < -0.39 is 0 Å². The Balaban J connectivity index is 3.81. The summed E-state index contributed by atoms with van der Waals surface area (Å²) in [5.41, 5.74) is 3.10. The third kappa shape index (κ3) is 14.0. The van der Waals surface area contributed by atoms with Crippen LogP contribution in [0.25, 0.3) is 0 Å². The van der Waals surface area contributed by atoms with Crippen LogP contribution in [-0.2, 0) is 0 Å². The fourth-order valence-corrected chi connectivity index (χ4v) is 1.02. The van der Waals surface area contributed by atoms with E-state index in [2.05, 4.69) is 11.8 Å². The summed E-state index contributed by atoms with van der Waals surface area (Å²) in [6.45, 7) is 4.00. The third-order valence-electron chi connectivity index (χ3n) is 1.86. The fourth-order valence-electron chi connectivity index (χ4n) is 1.02. The van der Waals surface area contributed by atoms with Crippen molar-refractivity contribution in [3.8, 4) is 0 Å². The molecule has 0 nitrogen and oxygen atoms in total. The molecule has 0 aliphatic carbocycles. The van der Waals surface area contributed by atoms with Crippen molar-refractivity contribution in [1.29, 1.82) is 0 Å². The van der Waals surface area contributed by atoms with Crippen molar-refractivity contribution >= 4 is 0 Å². The predicted molar refractivity (Wildman–Crippen MR) is 83.5 cm³/mol. The lowest BCUT2D eigenvalue weighted by Crippen LogP contribution is -1.55. The Morgan fingerprint density at radius 3 is 1.89 bits per heavy atom. The zero-order valence-corrected chi connectivity index (χ0v) is 11.3. The van der Waals surface area contributed by atoms with Gasteiger partial charge in [0.05, 0.1) is 0 Å². The average Bonchev–Trinajstić information content (AvgIpc) is 2.39. The van der Waals surface area contributed by atoms with Gasteiger partial charge in [-0.15, -0.1) is 5.73 Å². The number of hydrogen-bond donors (Lipinski definition) is 0. The van der Waals surface area contributed by atoms with E-state index in [1.807, 2.05) is 92.8 Å². The van der Waals surface area contributed by atoms with E-state index in [0.717, 1.165) is 6.42 Å². The van der Waals surface area contributed by atoms with Gasteiger partial charge in [-0.05, 0) is 32.4 Å². The maximum atomic E-state index is 3.10. The van der Waals surface area contributed by atoms with Gasteiger partial charge in [0.1, 0.15) is 0 Å². The highest BCUT2D eigenvalue weighted by Gasteiger charge is 1.66. The molecule has 94 valence electrons. The summed E-state index contributed by atoms with van der Waals surface area (Å²) in [4.78, 5) is 0. The molecule has 0 aliphatic rings. The highest BCUT2D eigenvalue weighted by atomic mass is 13.7. The Morgan fingerprint density at radius 1 is 0.667 bits per heavy atom. The number of rotatable bonds is 7. The molecule has 0 bridgehead atoms. The van der Waals surface area contributed by atoms with E-state index >= 15 is 0 Å². The first-order valence-corrected chi connectivity index (χ1v) is 6.22. The molecule has 0 saturated carbocycles. The second kappa shape index (κ2) is 15.0. The van der Waals surface area contributed by atoms with Gasteiger partial charge in [-0.25, -0.2) is 0 Å². The SMILES string of the molecule is C/C=C/C=C/C=C/C=C=CC/C=C/C=C/C=C/C. The molecule has 0 radical (unpaired) electrons.